The van der Waals surface area contributed by atoms with Crippen LogP contribution in [0.1, 0.15) is 51.1 Å². The standard InChI is InChI=1S/C16H25FN2/c1-11-7-9-13(10-8-11)19(3)16-14(12(2)18)5-4-6-15(16)17/h4-6,11-13H,7-10,18H2,1-3H3/t11?,12-,13?/m0/s1. The van der Waals surface area contributed by atoms with Crippen LogP contribution in [-0.2, 0) is 0 Å². The average molecular weight is 264 g/mol. The summed E-state index contributed by atoms with van der Waals surface area (Å²) in [7, 11) is 2.00. The van der Waals surface area contributed by atoms with E-state index in [1.165, 1.54) is 18.9 Å². The molecule has 0 bridgehead atoms. The van der Waals surface area contributed by atoms with Gasteiger partial charge in [0.15, 0.2) is 0 Å². The minimum atomic E-state index is -0.157. The van der Waals surface area contributed by atoms with Crippen molar-refractivity contribution in [3.63, 3.8) is 0 Å². The molecule has 0 saturated heterocycles. The number of nitrogens with two attached hydrogens (primary N) is 1. The quantitative estimate of drug-likeness (QED) is 0.898. The molecular weight excluding hydrogens is 239 g/mol. The Morgan fingerprint density at radius 2 is 1.89 bits per heavy atom. The molecule has 0 spiro atoms. The highest BCUT2D eigenvalue weighted by molar-refractivity contribution is 5.56. The van der Waals surface area contributed by atoms with Gasteiger partial charge < -0.3 is 10.6 Å². The molecule has 0 amide bonds. The van der Waals surface area contributed by atoms with Crippen LogP contribution in [0.2, 0.25) is 0 Å². The number of halogens is 1. The highest BCUT2D eigenvalue weighted by Crippen LogP contribution is 2.34. The molecular formula is C16H25FN2. The number of hydrogen-bond donors (Lipinski definition) is 1. The Balaban J connectivity index is 2.25. The Hall–Kier alpha value is -1.09. The molecule has 1 saturated carbocycles. The van der Waals surface area contributed by atoms with Crippen molar-refractivity contribution < 1.29 is 4.39 Å². The van der Waals surface area contributed by atoms with E-state index in [0.29, 0.717) is 11.7 Å². The van der Waals surface area contributed by atoms with Crippen LogP contribution < -0.4 is 10.6 Å². The number of anilines is 1. The van der Waals surface area contributed by atoms with Crippen LogP contribution in [0.25, 0.3) is 0 Å². The number of hydrogen-bond acceptors (Lipinski definition) is 2. The summed E-state index contributed by atoms with van der Waals surface area (Å²) in [5.41, 5.74) is 7.58. The second kappa shape index (κ2) is 5.91. The summed E-state index contributed by atoms with van der Waals surface area (Å²) >= 11 is 0. The van der Waals surface area contributed by atoms with Gasteiger partial charge in [-0.15, -0.1) is 0 Å². The van der Waals surface area contributed by atoms with Crippen LogP contribution in [0.3, 0.4) is 0 Å². The Morgan fingerprint density at radius 1 is 1.26 bits per heavy atom. The van der Waals surface area contributed by atoms with Crippen LogP contribution >= 0.6 is 0 Å². The van der Waals surface area contributed by atoms with Crippen LogP contribution in [0, 0.1) is 11.7 Å². The van der Waals surface area contributed by atoms with E-state index in [0.717, 1.165) is 24.3 Å². The molecule has 2 nitrogen and oxygen atoms in total. The van der Waals surface area contributed by atoms with Gasteiger partial charge in [0.2, 0.25) is 0 Å². The Kier molecular flexibility index (Phi) is 4.46. The highest BCUT2D eigenvalue weighted by Gasteiger charge is 2.25. The van der Waals surface area contributed by atoms with Crippen molar-refractivity contribution in [1.29, 1.82) is 0 Å². The number of rotatable bonds is 3. The summed E-state index contributed by atoms with van der Waals surface area (Å²) < 4.78 is 14.2. The second-order valence-corrected chi connectivity index (χ2v) is 5.99. The van der Waals surface area contributed by atoms with Gasteiger partial charge >= 0.3 is 0 Å². The maximum atomic E-state index is 14.2. The van der Waals surface area contributed by atoms with E-state index in [1.54, 1.807) is 6.07 Å². The lowest BCUT2D eigenvalue weighted by Gasteiger charge is -2.36. The van der Waals surface area contributed by atoms with Crippen molar-refractivity contribution >= 4 is 5.69 Å². The monoisotopic (exact) mass is 264 g/mol. The molecule has 3 heteroatoms. The summed E-state index contributed by atoms with van der Waals surface area (Å²) in [4.78, 5) is 2.11. The predicted octanol–water partition coefficient (Wildman–Crippen LogP) is 3.86. The van der Waals surface area contributed by atoms with E-state index >= 15 is 0 Å². The summed E-state index contributed by atoms with van der Waals surface area (Å²) in [5, 5.41) is 0. The number of para-hydroxylation sites is 1. The van der Waals surface area contributed by atoms with Gasteiger partial charge in [-0.3, -0.25) is 0 Å². The lowest BCUT2D eigenvalue weighted by Crippen LogP contribution is -2.36. The van der Waals surface area contributed by atoms with Crippen LogP contribution in [0.4, 0.5) is 10.1 Å². The molecule has 2 N–H and O–H groups in total. The largest absolute Gasteiger partial charge is 0.369 e. The first-order chi connectivity index (χ1) is 9.00. The van der Waals surface area contributed by atoms with Gasteiger partial charge in [-0.1, -0.05) is 19.1 Å². The molecule has 1 aliphatic carbocycles. The summed E-state index contributed by atoms with van der Waals surface area (Å²) in [6, 6.07) is 5.50. The van der Waals surface area contributed by atoms with Crippen molar-refractivity contribution in [2.45, 2.75) is 51.6 Å². The third kappa shape index (κ3) is 3.08. The SMILES string of the molecule is CC1CCC(N(C)c2c(F)cccc2[C@H](C)N)CC1. The summed E-state index contributed by atoms with van der Waals surface area (Å²) in [6.45, 7) is 4.21. The van der Waals surface area contributed by atoms with E-state index in [1.807, 2.05) is 20.0 Å². The minimum Gasteiger partial charge on any atom is -0.369 e. The lowest BCUT2D eigenvalue weighted by molar-refractivity contribution is 0.339. The lowest BCUT2D eigenvalue weighted by atomic mass is 9.86. The van der Waals surface area contributed by atoms with Crippen LogP contribution in [-0.4, -0.2) is 13.1 Å². The van der Waals surface area contributed by atoms with Crippen LogP contribution in [0.15, 0.2) is 18.2 Å². The van der Waals surface area contributed by atoms with E-state index in [9.17, 15) is 4.39 Å². The first-order valence-electron chi connectivity index (χ1n) is 7.27. The van der Waals surface area contributed by atoms with E-state index in [-0.39, 0.29) is 11.9 Å². The molecule has 0 heterocycles. The second-order valence-electron chi connectivity index (χ2n) is 5.99. The van der Waals surface area contributed by atoms with Gasteiger partial charge in [-0.2, -0.15) is 0 Å². The molecule has 1 aromatic rings. The first-order valence-corrected chi connectivity index (χ1v) is 7.27. The van der Waals surface area contributed by atoms with E-state index in [4.69, 9.17) is 5.73 Å². The maximum absolute atomic E-state index is 14.2. The highest BCUT2D eigenvalue weighted by atomic mass is 19.1. The van der Waals surface area contributed by atoms with Crippen LogP contribution in [0.5, 0.6) is 0 Å². The third-order valence-electron chi connectivity index (χ3n) is 4.39. The maximum Gasteiger partial charge on any atom is 0.146 e. The van der Waals surface area contributed by atoms with E-state index in [2.05, 4.69) is 11.8 Å². The van der Waals surface area contributed by atoms with Gasteiger partial charge in [0.1, 0.15) is 5.82 Å². The molecule has 0 aliphatic heterocycles. The molecule has 2 rings (SSSR count). The van der Waals surface area contributed by atoms with Gasteiger partial charge in [0.25, 0.3) is 0 Å². The van der Waals surface area contributed by atoms with Crippen molar-refractivity contribution in [3.05, 3.63) is 29.6 Å². The van der Waals surface area contributed by atoms with E-state index < -0.39 is 0 Å². The Labute approximate surface area is 115 Å². The van der Waals surface area contributed by atoms with Gasteiger partial charge in [0.05, 0.1) is 5.69 Å². The summed E-state index contributed by atoms with van der Waals surface area (Å²) in [6.07, 6.45) is 4.75. The molecule has 0 aromatic heterocycles. The molecule has 0 radical (unpaired) electrons. The topological polar surface area (TPSA) is 29.3 Å². The normalized spacial score (nSPS) is 25.1. The Morgan fingerprint density at radius 3 is 2.47 bits per heavy atom. The summed E-state index contributed by atoms with van der Waals surface area (Å²) in [5.74, 6) is 0.647. The fourth-order valence-corrected chi connectivity index (χ4v) is 3.08. The molecule has 1 fully saturated rings. The third-order valence-corrected chi connectivity index (χ3v) is 4.39. The molecule has 106 valence electrons. The number of benzene rings is 1. The Bertz CT molecular complexity index is 423. The number of nitrogens with zero attached hydrogens (tertiary/aromatic N) is 1. The fourth-order valence-electron chi connectivity index (χ4n) is 3.08. The van der Waals surface area contributed by atoms with Gasteiger partial charge in [-0.05, 0) is 50.2 Å². The predicted molar refractivity (Wildman–Crippen MR) is 78.8 cm³/mol. The molecule has 19 heavy (non-hydrogen) atoms. The minimum absolute atomic E-state index is 0.143. The first kappa shape index (κ1) is 14.3. The van der Waals surface area contributed by atoms with Crippen molar-refractivity contribution in [2.75, 3.05) is 11.9 Å². The fraction of sp³-hybridized carbons (Fsp3) is 0.625. The van der Waals surface area contributed by atoms with Crippen molar-refractivity contribution in [3.8, 4) is 0 Å². The molecule has 1 aromatic carbocycles. The zero-order valence-electron chi connectivity index (χ0n) is 12.2. The van der Waals surface area contributed by atoms with Gasteiger partial charge in [-0.25, -0.2) is 4.39 Å². The zero-order valence-corrected chi connectivity index (χ0v) is 12.2. The van der Waals surface area contributed by atoms with Crippen molar-refractivity contribution in [2.24, 2.45) is 11.7 Å². The zero-order chi connectivity index (χ0) is 14.0. The average Bonchev–Trinajstić information content (AvgIpc) is 2.38. The molecule has 1 aliphatic rings. The smallest absolute Gasteiger partial charge is 0.146 e. The van der Waals surface area contributed by atoms with Gasteiger partial charge in [0, 0.05) is 19.1 Å². The molecule has 1 atom stereocenters. The van der Waals surface area contributed by atoms with Crippen molar-refractivity contribution in [1.82, 2.24) is 0 Å². The molecule has 0 unspecified atom stereocenters.